The molecule has 2 aromatic rings. The third-order valence-corrected chi connectivity index (χ3v) is 9.46. The third kappa shape index (κ3) is 7.02. The zero-order chi connectivity index (χ0) is 29.0. The molecular weight excluding hydrogens is 512 g/mol. The molecule has 2 unspecified atom stereocenters. The number of amides is 2. The van der Waals surface area contributed by atoms with Gasteiger partial charge >= 0.3 is 0 Å². The van der Waals surface area contributed by atoms with E-state index in [0.29, 0.717) is 32.0 Å². The van der Waals surface area contributed by atoms with Gasteiger partial charge in [-0.2, -0.15) is 0 Å². The first-order valence-electron chi connectivity index (χ1n) is 15.6. The van der Waals surface area contributed by atoms with Crippen LogP contribution in [0.25, 0.3) is 0 Å². The lowest BCUT2D eigenvalue weighted by Crippen LogP contribution is -2.57. The van der Waals surface area contributed by atoms with Crippen LogP contribution < -0.4 is 10.6 Å². The highest BCUT2D eigenvalue weighted by molar-refractivity contribution is 5.94. The second-order valence-electron chi connectivity index (χ2n) is 12.9. The highest BCUT2D eigenvalue weighted by Gasteiger charge is 2.55. The van der Waals surface area contributed by atoms with Crippen LogP contribution in [0, 0.1) is 5.92 Å². The quantitative estimate of drug-likeness (QED) is 0.347. The molecule has 3 fully saturated rings. The van der Waals surface area contributed by atoms with Crippen molar-refractivity contribution in [3.8, 4) is 0 Å². The van der Waals surface area contributed by atoms with Crippen LogP contribution in [-0.2, 0) is 22.6 Å². The molecule has 1 saturated carbocycles. The summed E-state index contributed by atoms with van der Waals surface area (Å²) in [6.45, 7) is 9.79. The molecule has 0 aromatic heterocycles. The highest BCUT2D eigenvalue weighted by atomic mass is 16.3. The van der Waals surface area contributed by atoms with E-state index in [1.165, 1.54) is 24.0 Å². The van der Waals surface area contributed by atoms with Gasteiger partial charge in [0.25, 0.3) is 0 Å². The van der Waals surface area contributed by atoms with E-state index in [4.69, 9.17) is 0 Å². The van der Waals surface area contributed by atoms with Crippen molar-refractivity contribution in [2.75, 3.05) is 26.2 Å². The van der Waals surface area contributed by atoms with Crippen molar-refractivity contribution in [3.63, 3.8) is 0 Å². The third-order valence-electron chi connectivity index (χ3n) is 9.46. The monoisotopic (exact) mass is 560 g/mol. The van der Waals surface area contributed by atoms with Gasteiger partial charge in [-0.25, -0.2) is 0 Å². The Kier molecular flexibility index (Phi) is 9.47. The van der Waals surface area contributed by atoms with Crippen LogP contribution in [-0.4, -0.2) is 76.6 Å². The zero-order valence-electron chi connectivity index (χ0n) is 25.0. The first-order valence-corrected chi connectivity index (χ1v) is 15.6. The Balaban J connectivity index is 1.21. The molecule has 41 heavy (non-hydrogen) atoms. The SMILES string of the molecule is CC(C)c1cccc(CNC[C@@H](O)[C@H](Cc2ccccc2)NC(=O)C(C)N2CCC3(CCCN3CC3CC3)C2=O)c1. The number of carbonyl (C=O) groups excluding carboxylic acids is 2. The average Bonchev–Trinajstić information content (AvgIpc) is 3.61. The highest BCUT2D eigenvalue weighted by Crippen LogP contribution is 2.42. The summed E-state index contributed by atoms with van der Waals surface area (Å²) in [5.41, 5.74) is 3.09. The number of hydrogen-bond acceptors (Lipinski definition) is 5. The lowest BCUT2D eigenvalue weighted by molar-refractivity contribution is -0.143. The second kappa shape index (κ2) is 13.1. The van der Waals surface area contributed by atoms with Crippen molar-refractivity contribution in [3.05, 3.63) is 71.3 Å². The minimum atomic E-state index is -0.788. The minimum Gasteiger partial charge on any atom is -0.390 e. The van der Waals surface area contributed by atoms with Crippen LogP contribution in [0.5, 0.6) is 0 Å². The molecule has 0 bridgehead atoms. The number of benzene rings is 2. The Morgan fingerprint density at radius 2 is 1.78 bits per heavy atom. The molecule has 2 saturated heterocycles. The maximum absolute atomic E-state index is 13.8. The van der Waals surface area contributed by atoms with Crippen LogP contribution in [0.15, 0.2) is 54.6 Å². The van der Waals surface area contributed by atoms with Gasteiger partial charge in [0, 0.05) is 26.2 Å². The van der Waals surface area contributed by atoms with E-state index < -0.39 is 23.7 Å². The summed E-state index contributed by atoms with van der Waals surface area (Å²) in [4.78, 5) is 31.6. The largest absolute Gasteiger partial charge is 0.390 e. The number of likely N-dealkylation sites (tertiary alicyclic amines) is 2. The summed E-state index contributed by atoms with van der Waals surface area (Å²) in [6, 6.07) is 17.4. The number of rotatable bonds is 13. The Morgan fingerprint density at radius 1 is 1.02 bits per heavy atom. The molecule has 3 N–H and O–H groups in total. The Bertz CT molecular complexity index is 1180. The van der Waals surface area contributed by atoms with Gasteiger partial charge in [-0.1, -0.05) is 68.4 Å². The van der Waals surface area contributed by atoms with E-state index in [0.717, 1.165) is 43.8 Å². The zero-order valence-corrected chi connectivity index (χ0v) is 25.0. The van der Waals surface area contributed by atoms with E-state index in [-0.39, 0.29) is 11.8 Å². The lowest BCUT2D eigenvalue weighted by Gasteiger charge is -2.35. The molecule has 5 rings (SSSR count). The van der Waals surface area contributed by atoms with Crippen LogP contribution in [0.4, 0.5) is 0 Å². The molecular formula is C34H48N4O3. The average molecular weight is 561 g/mol. The fourth-order valence-electron chi connectivity index (χ4n) is 6.65. The molecule has 1 spiro atoms. The van der Waals surface area contributed by atoms with Gasteiger partial charge in [0.05, 0.1) is 12.1 Å². The molecule has 222 valence electrons. The van der Waals surface area contributed by atoms with Crippen LogP contribution >= 0.6 is 0 Å². The fraction of sp³-hybridized carbons (Fsp3) is 0.588. The number of carbonyl (C=O) groups is 2. The molecule has 2 aromatic carbocycles. The van der Waals surface area contributed by atoms with E-state index in [1.807, 2.05) is 37.3 Å². The van der Waals surface area contributed by atoms with Crippen molar-refractivity contribution in [2.24, 2.45) is 5.92 Å². The standard InChI is InChI=1S/C34H48N4O3/c1-24(2)29-12-7-11-28(19-29)21-35-22-31(39)30(20-26-9-5-4-6-10-26)36-32(40)25(3)38-18-16-34(33(38)41)15-8-17-37(34)23-27-13-14-27/h4-7,9-12,19,24-25,27,30-31,35,39H,8,13-18,20-23H2,1-3H3,(H,36,40)/t25?,30-,31+,34?/m0/s1. The number of aliphatic hydroxyl groups is 1. The van der Waals surface area contributed by atoms with Crippen molar-refractivity contribution < 1.29 is 14.7 Å². The lowest BCUT2D eigenvalue weighted by atomic mass is 9.94. The molecule has 4 atom stereocenters. The molecule has 1 aliphatic carbocycles. The summed E-state index contributed by atoms with van der Waals surface area (Å²) in [7, 11) is 0. The second-order valence-corrected chi connectivity index (χ2v) is 12.9. The van der Waals surface area contributed by atoms with Gasteiger partial charge in [-0.3, -0.25) is 14.5 Å². The normalized spacial score (nSPS) is 23.3. The molecule has 3 aliphatic rings. The van der Waals surface area contributed by atoms with E-state index in [1.54, 1.807) is 4.90 Å². The van der Waals surface area contributed by atoms with E-state index in [2.05, 4.69) is 53.6 Å². The topological polar surface area (TPSA) is 84.9 Å². The van der Waals surface area contributed by atoms with Crippen LogP contribution in [0.1, 0.15) is 75.5 Å². The van der Waals surface area contributed by atoms with E-state index in [9.17, 15) is 14.7 Å². The molecule has 0 radical (unpaired) electrons. The Hall–Kier alpha value is -2.74. The van der Waals surface area contributed by atoms with Crippen LogP contribution in [0.2, 0.25) is 0 Å². The van der Waals surface area contributed by atoms with Gasteiger partial charge < -0.3 is 20.6 Å². The molecule has 2 amide bonds. The first-order chi connectivity index (χ1) is 19.8. The van der Waals surface area contributed by atoms with Crippen LogP contribution in [0.3, 0.4) is 0 Å². The molecule has 2 aliphatic heterocycles. The Morgan fingerprint density at radius 3 is 2.51 bits per heavy atom. The predicted molar refractivity (Wildman–Crippen MR) is 162 cm³/mol. The maximum atomic E-state index is 13.8. The molecule has 7 nitrogen and oxygen atoms in total. The summed E-state index contributed by atoms with van der Waals surface area (Å²) in [6.07, 6.45) is 5.01. The van der Waals surface area contributed by atoms with Gasteiger partial charge in [0.1, 0.15) is 11.6 Å². The molecule has 2 heterocycles. The first kappa shape index (κ1) is 29.7. The van der Waals surface area contributed by atoms with Crippen molar-refractivity contribution in [1.82, 2.24) is 20.4 Å². The van der Waals surface area contributed by atoms with Crippen molar-refractivity contribution >= 4 is 11.8 Å². The summed E-state index contributed by atoms with van der Waals surface area (Å²) >= 11 is 0. The minimum absolute atomic E-state index is 0.115. The van der Waals surface area contributed by atoms with Gasteiger partial charge in [0.15, 0.2) is 0 Å². The number of hydrogen-bond donors (Lipinski definition) is 3. The van der Waals surface area contributed by atoms with Gasteiger partial charge in [0.2, 0.25) is 11.8 Å². The number of nitrogens with zero attached hydrogens (tertiary/aromatic N) is 2. The smallest absolute Gasteiger partial charge is 0.243 e. The Labute approximate surface area is 245 Å². The van der Waals surface area contributed by atoms with Gasteiger partial charge in [-0.05, 0) is 80.5 Å². The fourth-order valence-corrected chi connectivity index (χ4v) is 6.65. The van der Waals surface area contributed by atoms with Gasteiger partial charge in [-0.15, -0.1) is 0 Å². The van der Waals surface area contributed by atoms with Crippen molar-refractivity contribution in [1.29, 1.82) is 0 Å². The summed E-state index contributed by atoms with van der Waals surface area (Å²) in [5.74, 6) is 1.11. The number of nitrogens with one attached hydrogen (secondary N) is 2. The number of aliphatic hydroxyl groups excluding tert-OH is 1. The maximum Gasteiger partial charge on any atom is 0.243 e. The molecule has 7 heteroatoms. The van der Waals surface area contributed by atoms with E-state index >= 15 is 0 Å². The summed E-state index contributed by atoms with van der Waals surface area (Å²) in [5, 5.41) is 17.8. The van der Waals surface area contributed by atoms with Crippen molar-refractivity contribution in [2.45, 2.75) is 95.5 Å². The summed E-state index contributed by atoms with van der Waals surface area (Å²) < 4.78 is 0. The predicted octanol–water partition coefficient (Wildman–Crippen LogP) is 3.85.